The summed E-state index contributed by atoms with van der Waals surface area (Å²) in [4.78, 5) is 11.6. The van der Waals surface area contributed by atoms with Gasteiger partial charge in [0, 0.05) is 0 Å². The Balaban J connectivity index is 2.50. The lowest BCUT2D eigenvalue weighted by Crippen LogP contribution is -2.42. The van der Waals surface area contributed by atoms with Crippen molar-refractivity contribution >= 4 is 5.97 Å². The summed E-state index contributed by atoms with van der Waals surface area (Å²) in [6.45, 7) is 5.59. The summed E-state index contributed by atoms with van der Waals surface area (Å²) in [5.41, 5.74) is 5.43. The fourth-order valence-corrected chi connectivity index (χ4v) is 1.93. The van der Waals surface area contributed by atoms with Crippen molar-refractivity contribution in [2.24, 2.45) is 17.6 Å². The van der Waals surface area contributed by atoms with Crippen molar-refractivity contribution in [3.8, 4) is 0 Å². The average molecular weight is 200 g/mol. The van der Waals surface area contributed by atoms with E-state index in [1.54, 1.807) is 6.92 Å². The van der Waals surface area contributed by atoms with Crippen LogP contribution in [0.4, 0.5) is 0 Å². The van der Waals surface area contributed by atoms with Crippen LogP contribution in [0.1, 0.15) is 26.7 Å². The largest absolute Gasteiger partial charge is 0.447 e. The van der Waals surface area contributed by atoms with Crippen molar-refractivity contribution in [1.29, 1.82) is 0 Å². The number of hydrogen-bond donors (Lipinski definition) is 2. The molecule has 4 heteroatoms. The van der Waals surface area contributed by atoms with Gasteiger partial charge in [-0.05, 0) is 32.4 Å². The average Bonchev–Trinajstić information content (AvgIpc) is 2.16. The Morgan fingerprint density at radius 3 is 3.00 bits per heavy atom. The Morgan fingerprint density at radius 2 is 2.43 bits per heavy atom. The minimum absolute atomic E-state index is 0.0345. The number of esters is 1. The summed E-state index contributed by atoms with van der Waals surface area (Å²) in [6.07, 6.45) is 1.38. The molecule has 82 valence electrons. The molecule has 0 spiro atoms. The Kier molecular flexibility index (Phi) is 4.35. The van der Waals surface area contributed by atoms with E-state index >= 15 is 0 Å². The summed E-state index contributed by atoms with van der Waals surface area (Å²) < 4.78 is 5.03. The van der Waals surface area contributed by atoms with Gasteiger partial charge in [0.25, 0.3) is 0 Å². The Bertz CT molecular complexity index is 195. The molecule has 0 radical (unpaired) electrons. The van der Waals surface area contributed by atoms with Crippen LogP contribution >= 0.6 is 0 Å². The number of hydrogen-bond acceptors (Lipinski definition) is 4. The van der Waals surface area contributed by atoms with E-state index in [-0.39, 0.29) is 11.9 Å². The van der Waals surface area contributed by atoms with Crippen LogP contribution in [-0.2, 0) is 9.53 Å². The van der Waals surface area contributed by atoms with Gasteiger partial charge in [0.05, 0.1) is 5.92 Å². The zero-order valence-corrected chi connectivity index (χ0v) is 8.95. The van der Waals surface area contributed by atoms with E-state index in [1.807, 2.05) is 0 Å². The zero-order valence-electron chi connectivity index (χ0n) is 8.95. The first-order chi connectivity index (χ1) is 6.65. The molecule has 3 N–H and O–H groups in total. The maximum Gasteiger partial charge on any atom is 0.310 e. The van der Waals surface area contributed by atoms with E-state index in [0.29, 0.717) is 5.92 Å². The maximum absolute atomic E-state index is 11.6. The van der Waals surface area contributed by atoms with Crippen molar-refractivity contribution in [3.63, 3.8) is 0 Å². The Hall–Kier alpha value is -0.610. The summed E-state index contributed by atoms with van der Waals surface area (Å²) in [7, 11) is 0. The molecule has 1 saturated heterocycles. The van der Waals surface area contributed by atoms with E-state index in [4.69, 9.17) is 10.5 Å². The Labute approximate surface area is 85.2 Å². The van der Waals surface area contributed by atoms with Gasteiger partial charge in [0.2, 0.25) is 0 Å². The van der Waals surface area contributed by atoms with Crippen LogP contribution in [0.3, 0.4) is 0 Å². The SMILES string of the molecule is CCC1CNCCC1C(=O)OC(C)N. The molecule has 0 aromatic carbocycles. The number of nitrogens with two attached hydrogens (primary N) is 1. The predicted octanol–water partition coefficient (Wildman–Crippen LogP) is 0.470. The van der Waals surface area contributed by atoms with E-state index in [0.717, 1.165) is 25.9 Å². The highest BCUT2D eigenvalue weighted by atomic mass is 16.6. The van der Waals surface area contributed by atoms with Crippen LogP contribution in [-0.4, -0.2) is 25.3 Å². The number of carbonyl (C=O) groups is 1. The fraction of sp³-hybridized carbons (Fsp3) is 0.900. The monoisotopic (exact) mass is 200 g/mol. The van der Waals surface area contributed by atoms with Gasteiger partial charge in [0.15, 0.2) is 0 Å². The summed E-state index contributed by atoms with van der Waals surface area (Å²) in [5.74, 6) is 0.301. The molecule has 1 aliphatic heterocycles. The van der Waals surface area contributed by atoms with E-state index < -0.39 is 6.23 Å². The molecular formula is C10H20N2O2. The predicted molar refractivity (Wildman–Crippen MR) is 54.5 cm³/mol. The smallest absolute Gasteiger partial charge is 0.310 e. The standard InChI is InChI=1S/C10H20N2O2/c1-3-8-6-12-5-4-9(8)10(13)14-7(2)11/h7-9,12H,3-6,11H2,1-2H3. The van der Waals surface area contributed by atoms with Gasteiger partial charge in [-0.3, -0.25) is 10.5 Å². The van der Waals surface area contributed by atoms with Gasteiger partial charge >= 0.3 is 5.97 Å². The molecule has 0 aromatic heterocycles. The number of ether oxygens (including phenoxy) is 1. The number of nitrogens with one attached hydrogen (secondary N) is 1. The van der Waals surface area contributed by atoms with Crippen molar-refractivity contribution in [1.82, 2.24) is 5.32 Å². The lowest BCUT2D eigenvalue weighted by molar-refractivity contribution is -0.156. The minimum Gasteiger partial charge on any atom is -0.447 e. The van der Waals surface area contributed by atoms with Crippen molar-refractivity contribution in [3.05, 3.63) is 0 Å². The molecule has 3 atom stereocenters. The van der Waals surface area contributed by atoms with E-state index in [1.165, 1.54) is 0 Å². The first-order valence-electron chi connectivity index (χ1n) is 5.32. The molecule has 0 aliphatic carbocycles. The topological polar surface area (TPSA) is 64.3 Å². The van der Waals surface area contributed by atoms with Crippen molar-refractivity contribution in [2.45, 2.75) is 32.9 Å². The van der Waals surface area contributed by atoms with Gasteiger partial charge in [-0.1, -0.05) is 13.3 Å². The third kappa shape index (κ3) is 2.96. The molecule has 4 nitrogen and oxygen atoms in total. The first-order valence-corrected chi connectivity index (χ1v) is 5.32. The van der Waals surface area contributed by atoms with E-state index in [2.05, 4.69) is 12.2 Å². The molecule has 3 unspecified atom stereocenters. The second kappa shape index (κ2) is 5.32. The molecular weight excluding hydrogens is 180 g/mol. The van der Waals surface area contributed by atoms with Crippen molar-refractivity contribution in [2.75, 3.05) is 13.1 Å². The summed E-state index contributed by atoms with van der Waals surface area (Å²) in [5, 5.41) is 3.28. The van der Waals surface area contributed by atoms with Crippen LogP contribution in [0.2, 0.25) is 0 Å². The highest BCUT2D eigenvalue weighted by molar-refractivity contribution is 5.73. The lowest BCUT2D eigenvalue weighted by atomic mass is 9.85. The first kappa shape index (κ1) is 11.5. The normalized spacial score (nSPS) is 29.6. The second-order valence-electron chi connectivity index (χ2n) is 3.91. The number of carbonyl (C=O) groups excluding carboxylic acids is 1. The minimum atomic E-state index is -0.491. The summed E-state index contributed by atoms with van der Waals surface area (Å²) >= 11 is 0. The molecule has 0 aromatic rings. The zero-order chi connectivity index (χ0) is 10.6. The molecule has 0 saturated carbocycles. The third-order valence-electron chi connectivity index (χ3n) is 2.74. The third-order valence-corrected chi connectivity index (χ3v) is 2.74. The summed E-state index contributed by atoms with van der Waals surface area (Å²) in [6, 6.07) is 0. The van der Waals surface area contributed by atoms with Gasteiger partial charge in [-0.2, -0.15) is 0 Å². The van der Waals surface area contributed by atoms with Gasteiger partial charge < -0.3 is 10.1 Å². The van der Waals surface area contributed by atoms with Crippen LogP contribution in [0.15, 0.2) is 0 Å². The molecule has 0 amide bonds. The molecule has 1 fully saturated rings. The number of rotatable bonds is 3. The lowest BCUT2D eigenvalue weighted by Gasteiger charge is -2.30. The van der Waals surface area contributed by atoms with E-state index in [9.17, 15) is 4.79 Å². The Morgan fingerprint density at radius 1 is 1.71 bits per heavy atom. The maximum atomic E-state index is 11.6. The fourth-order valence-electron chi connectivity index (χ4n) is 1.93. The quantitative estimate of drug-likeness (QED) is 0.513. The molecule has 0 bridgehead atoms. The second-order valence-corrected chi connectivity index (χ2v) is 3.91. The van der Waals surface area contributed by atoms with Crippen LogP contribution in [0.5, 0.6) is 0 Å². The van der Waals surface area contributed by atoms with Crippen LogP contribution < -0.4 is 11.1 Å². The van der Waals surface area contributed by atoms with Crippen LogP contribution in [0, 0.1) is 11.8 Å². The van der Waals surface area contributed by atoms with Gasteiger partial charge in [0.1, 0.15) is 6.23 Å². The highest BCUT2D eigenvalue weighted by Gasteiger charge is 2.31. The molecule has 1 heterocycles. The van der Waals surface area contributed by atoms with Crippen molar-refractivity contribution < 1.29 is 9.53 Å². The van der Waals surface area contributed by atoms with Gasteiger partial charge in [-0.15, -0.1) is 0 Å². The molecule has 1 rings (SSSR count). The van der Waals surface area contributed by atoms with Crippen LogP contribution in [0.25, 0.3) is 0 Å². The molecule has 1 aliphatic rings. The molecule has 14 heavy (non-hydrogen) atoms. The number of piperidine rings is 1. The highest BCUT2D eigenvalue weighted by Crippen LogP contribution is 2.23. The van der Waals surface area contributed by atoms with Gasteiger partial charge in [-0.25, -0.2) is 0 Å².